The highest BCUT2D eigenvalue weighted by atomic mass is 32.2. The van der Waals surface area contributed by atoms with Gasteiger partial charge in [0.1, 0.15) is 0 Å². The zero-order valence-electron chi connectivity index (χ0n) is 17.9. The first kappa shape index (κ1) is 21.1. The summed E-state index contributed by atoms with van der Waals surface area (Å²) >= 11 is 0. The number of Topliss-reactive ketones (excluding diaryl/α,β-unsaturated/α-hetero) is 1. The van der Waals surface area contributed by atoms with Crippen molar-refractivity contribution in [1.82, 2.24) is 4.31 Å². The molecule has 0 atom stereocenters. The van der Waals surface area contributed by atoms with Crippen LogP contribution in [0.4, 0.5) is 0 Å². The molecule has 168 valence electrons. The molecule has 6 rings (SSSR count). The molecule has 1 heterocycles. The molecular formula is C24H31NO5S. The number of ether oxygens (including phenoxy) is 1. The minimum absolute atomic E-state index is 0.0528. The molecule has 6 nitrogen and oxygen atoms in total. The summed E-state index contributed by atoms with van der Waals surface area (Å²) in [6, 6.07) is 6.00. The summed E-state index contributed by atoms with van der Waals surface area (Å²) in [7, 11) is -3.62. The number of nitrogens with zero attached hydrogens (tertiary/aromatic N) is 1. The number of sulfonamides is 1. The van der Waals surface area contributed by atoms with Crippen LogP contribution in [0.15, 0.2) is 29.2 Å². The van der Waals surface area contributed by atoms with Gasteiger partial charge in [-0.25, -0.2) is 13.2 Å². The van der Waals surface area contributed by atoms with E-state index in [2.05, 4.69) is 0 Å². The van der Waals surface area contributed by atoms with Crippen molar-refractivity contribution in [2.75, 3.05) is 19.7 Å². The molecule has 4 bridgehead atoms. The SMILES string of the molecule is O=C(OCC(=O)C12CC3CC(CC(C3)C1)C2)c1cccc(S(=O)(=O)N2CCCCC2)c1. The monoisotopic (exact) mass is 445 g/mol. The van der Waals surface area contributed by atoms with Crippen molar-refractivity contribution >= 4 is 21.8 Å². The largest absolute Gasteiger partial charge is 0.454 e. The normalized spacial score (nSPS) is 32.7. The Hall–Kier alpha value is -1.73. The van der Waals surface area contributed by atoms with Gasteiger partial charge in [0, 0.05) is 18.5 Å². The number of hydrogen-bond donors (Lipinski definition) is 0. The zero-order chi connectivity index (χ0) is 21.6. The number of ketones is 1. The molecule has 5 fully saturated rings. The predicted octanol–water partition coefficient (Wildman–Crippen LogP) is 3.80. The molecule has 5 aliphatic rings. The maximum absolute atomic E-state index is 13.1. The summed E-state index contributed by atoms with van der Waals surface area (Å²) in [4.78, 5) is 25.8. The van der Waals surface area contributed by atoms with Crippen molar-refractivity contribution in [1.29, 1.82) is 0 Å². The van der Waals surface area contributed by atoms with Crippen LogP contribution in [0, 0.1) is 23.2 Å². The Balaban J connectivity index is 1.25. The lowest BCUT2D eigenvalue weighted by Crippen LogP contribution is -2.51. The summed E-state index contributed by atoms with van der Waals surface area (Å²) in [5.74, 6) is 1.39. The molecule has 4 saturated carbocycles. The lowest BCUT2D eigenvalue weighted by atomic mass is 9.48. The van der Waals surface area contributed by atoms with Crippen molar-refractivity contribution < 1.29 is 22.7 Å². The smallest absolute Gasteiger partial charge is 0.338 e. The van der Waals surface area contributed by atoms with Gasteiger partial charge >= 0.3 is 5.97 Å². The fourth-order valence-electron chi connectivity index (χ4n) is 6.86. The molecule has 1 aromatic rings. The molecule has 0 aromatic heterocycles. The number of piperidine rings is 1. The first-order chi connectivity index (χ1) is 14.9. The third kappa shape index (κ3) is 3.95. The molecule has 0 radical (unpaired) electrons. The number of benzene rings is 1. The van der Waals surface area contributed by atoms with Gasteiger partial charge in [-0.05, 0) is 87.3 Å². The minimum atomic E-state index is -3.62. The van der Waals surface area contributed by atoms with Gasteiger partial charge in [0.2, 0.25) is 10.0 Å². The Labute approximate surface area is 184 Å². The van der Waals surface area contributed by atoms with Gasteiger partial charge in [0.15, 0.2) is 12.4 Å². The van der Waals surface area contributed by atoms with E-state index in [-0.39, 0.29) is 28.3 Å². The van der Waals surface area contributed by atoms with E-state index in [4.69, 9.17) is 4.74 Å². The van der Waals surface area contributed by atoms with E-state index in [0.717, 1.165) is 38.5 Å². The average molecular weight is 446 g/mol. The first-order valence-electron chi connectivity index (χ1n) is 11.7. The Morgan fingerprint density at radius 2 is 1.58 bits per heavy atom. The molecule has 1 aromatic carbocycles. The number of esters is 1. The molecular weight excluding hydrogens is 414 g/mol. The standard InChI is InChI=1S/C24H31NO5S/c26-22(24-13-17-9-18(14-24)11-19(10-17)15-24)16-30-23(27)20-5-4-6-21(12-20)31(28,29)25-7-2-1-3-8-25/h4-6,12,17-19H,1-3,7-11,13-16H2. The molecule has 31 heavy (non-hydrogen) atoms. The van der Waals surface area contributed by atoms with E-state index in [1.54, 1.807) is 12.1 Å². The van der Waals surface area contributed by atoms with E-state index in [0.29, 0.717) is 30.8 Å². The summed E-state index contributed by atoms with van der Waals surface area (Å²) in [5.41, 5.74) is -0.120. The lowest BCUT2D eigenvalue weighted by Gasteiger charge is -2.55. The van der Waals surface area contributed by atoms with Crippen LogP contribution in [0.1, 0.15) is 68.1 Å². The number of rotatable bonds is 6. The van der Waals surface area contributed by atoms with E-state index >= 15 is 0 Å². The quantitative estimate of drug-likeness (QED) is 0.622. The third-order valence-corrected chi connectivity index (χ3v) is 9.88. The summed E-state index contributed by atoms with van der Waals surface area (Å²) in [5, 5.41) is 0. The lowest BCUT2D eigenvalue weighted by molar-refractivity contribution is -0.147. The summed E-state index contributed by atoms with van der Waals surface area (Å²) in [6.07, 6.45) is 9.34. The van der Waals surface area contributed by atoms with Crippen LogP contribution in [0.25, 0.3) is 0 Å². The molecule has 4 aliphatic carbocycles. The highest BCUT2D eigenvalue weighted by molar-refractivity contribution is 7.89. The second-order valence-electron chi connectivity index (χ2n) is 10.2. The van der Waals surface area contributed by atoms with Crippen LogP contribution in [-0.2, 0) is 19.6 Å². The van der Waals surface area contributed by atoms with Crippen molar-refractivity contribution in [2.24, 2.45) is 23.2 Å². The maximum atomic E-state index is 13.1. The maximum Gasteiger partial charge on any atom is 0.338 e. The van der Waals surface area contributed by atoms with E-state index in [9.17, 15) is 18.0 Å². The number of carbonyl (C=O) groups excluding carboxylic acids is 2. The summed E-state index contributed by atoms with van der Waals surface area (Å²) < 4.78 is 32.7. The Bertz CT molecular complexity index is 944. The van der Waals surface area contributed by atoms with Gasteiger partial charge < -0.3 is 4.74 Å². The number of carbonyl (C=O) groups is 2. The third-order valence-electron chi connectivity index (χ3n) is 7.99. The van der Waals surface area contributed by atoms with Gasteiger partial charge in [-0.2, -0.15) is 4.31 Å². The van der Waals surface area contributed by atoms with Gasteiger partial charge in [0.25, 0.3) is 0 Å². The molecule has 1 saturated heterocycles. The van der Waals surface area contributed by atoms with E-state index in [1.165, 1.54) is 35.7 Å². The van der Waals surface area contributed by atoms with Crippen molar-refractivity contribution in [3.8, 4) is 0 Å². The fourth-order valence-corrected chi connectivity index (χ4v) is 8.42. The Morgan fingerprint density at radius 1 is 0.968 bits per heavy atom. The van der Waals surface area contributed by atoms with Crippen LogP contribution in [0.2, 0.25) is 0 Å². The van der Waals surface area contributed by atoms with Crippen LogP contribution >= 0.6 is 0 Å². The zero-order valence-corrected chi connectivity index (χ0v) is 18.7. The first-order valence-corrected chi connectivity index (χ1v) is 13.1. The van der Waals surface area contributed by atoms with Gasteiger partial charge in [0.05, 0.1) is 10.5 Å². The molecule has 0 unspecified atom stereocenters. The molecule has 1 aliphatic heterocycles. The topological polar surface area (TPSA) is 80.8 Å². The van der Waals surface area contributed by atoms with Crippen molar-refractivity contribution in [2.45, 2.75) is 62.7 Å². The highest BCUT2D eigenvalue weighted by Crippen LogP contribution is 2.60. The van der Waals surface area contributed by atoms with Crippen molar-refractivity contribution in [3.63, 3.8) is 0 Å². The molecule has 0 amide bonds. The predicted molar refractivity (Wildman–Crippen MR) is 115 cm³/mol. The van der Waals surface area contributed by atoms with Crippen LogP contribution in [-0.4, -0.2) is 44.2 Å². The van der Waals surface area contributed by atoms with Crippen molar-refractivity contribution in [3.05, 3.63) is 29.8 Å². The molecule has 7 heteroatoms. The van der Waals surface area contributed by atoms with E-state index < -0.39 is 16.0 Å². The van der Waals surface area contributed by atoms with Gasteiger partial charge in [-0.1, -0.05) is 12.5 Å². The Kier molecular flexibility index (Phi) is 5.45. The highest BCUT2D eigenvalue weighted by Gasteiger charge is 2.54. The van der Waals surface area contributed by atoms with Crippen LogP contribution < -0.4 is 0 Å². The van der Waals surface area contributed by atoms with E-state index in [1.807, 2.05) is 0 Å². The average Bonchev–Trinajstić information content (AvgIpc) is 2.77. The summed E-state index contributed by atoms with van der Waals surface area (Å²) in [6.45, 7) is 0.807. The number of hydrogen-bond acceptors (Lipinski definition) is 5. The van der Waals surface area contributed by atoms with Gasteiger partial charge in [-0.3, -0.25) is 4.79 Å². The van der Waals surface area contributed by atoms with Gasteiger partial charge in [-0.15, -0.1) is 0 Å². The molecule has 0 spiro atoms. The Morgan fingerprint density at radius 3 is 2.19 bits per heavy atom. The molecule has 0 N–H and O–H groups in total. The second kappa shape index (κ2) is 8.00. The fraction of sp³-hybridized carbons (Fsp3) is 0.667. The van der Waals surface area contributed by atoms with Crippen LogP contribution in [0.3, 0.4) is 0 Å². The second-order valence-corrected chi connectivity index (χ2v) is 12.1. The van der Waals surface area contributed by atoms with Crippen LogP contribution in [0.5, 0.6) is 0 Å². The minimum Gasteiger partial charge on any atom is -0.454 e.